The lowest BCUT2D eigenvalue weighted by Gasteiger charge is -2.39. The molecule has 2 aromatic carbocycles. The molecular weight excluding hydrogens is 504 g/mol. The predicted molar refractivity (Wildman–Crippen MR) is 130 cm³/mol. The Kier molecular flexibility index (Phi) is 7.42. The molecule has 1 fully saturated rings. The van der Waals surface area contributed by atoms with E-state index in [-0.39, 0.29) is 17.9 Å². The van der Waals surface area contributed by atoms with E-state index in [1.54, 1.807) is 24.3 Å². The second-order valence-corrected chi connectivity index (χ2v) is 10.4. The van der Waals surface area contributed by atoms with Gasteiger partial charge in [-0.3, -0.25) is 24.6 Å². The van der Waals surface area contributed by atoms with Gasteiger partial charge in [-0.15, -0.1) is 0 Å². The number of amides is 4. The molecule has 0 aliphatic carbocycles. The molecule has 3 N–H and O–H groups in total. The second-order valence-electron chi connectivity index (χ2n) is 8.40. The molecule has 37 heavy (non-hydrogen) atoms. The maximum Gasteiger partial charge on any atom is 0.328 e. The van der Waals surface area contributed by atoms with Crippen LogP contribution in [0.2, 0.25) is 0 Å². The second kappa shape index (κ2) is 10.5. The molecule has 3 unspecified atom stereocenters. The van der Waals surface area contributed by atoms with Crippen LogP contribution in [-0.4, -0.2) is 90.8 Å². The number of aliphatic imine (C=N–C) groups is 1. The third-order valence-corrected chi connectivity index (χ3v) is 8.08. The van der Waals surface area contributed by atoms with Gasteiger partial charge in [-0.05, 0) is 42.8 Å². The average molecular weight is 531 g/mol. The van der Waals surface area contributed by atoms with Crippen LogP contribution < -0.4 is 15.5 Å². The first-order chi connectivity index (χ1) is 17.6. The molecule has 2 aliphatic heterocycles. The molecule has 196 valence electrons. The molecule has 1 saturated heterocycles. The van der Waals surface area contributed by atoms with Crippen molar-refractivity contribution in [3.05, 3.63) is 54.6 Å². The Morgan fingerprint density at radius 3 is 2.46 bits per heavy atom. The van der Waals surface area contributed by atoms with Crippen LogP contribution in [0, 0.1) is 0 Å². The molecule has 3 atom stereocenters. The van der Waals surface area contributed by atoms with Gasteiger partial charge in [0.25, 0.3) is 11.8 Å². The van der Waals surface area contributed by atoms with E-state index in [9.17, 15) is 28.0 Å². The summed E-state index contributed by atoms with van der Waals surface area (Å²) in [6, 6.07) is 11.8. The Morgan fingerprint density at radius 1 is 1.16 bits per heavy atom. The van der Waals surface area contributed by atoms with Crippen molar-refractivity contribution in [2.24, 2.45) is 4.99 Å². The van der Waals surface area contributed by atoms with Gasteiger partial charge in [0.1, 0.15) is 23.6 Å². The SMILES string of the molecule is CN1C(=O)C2NC=NC2N(CCC(C(=O)NO)N(C)S(=O)(=O)c2ccc(Oc3ccccc3)cc2)C1=O. The van der Waals surface area contributed by atoms with Gasteiger partial charge < -0.3 is 10.1 Å². The molecule has 2 heterocycles. The van der Waals surface area contributed by atoms with E-state index < -0.39 is 46.1 Å². The van der Waals surface area contributed by atoms with Gasteiger partial charge in [-0.1, -0.05) is 18.2 Å². The Hall–Kier alpha value is -4.01. The number of ether oxygens (including phenoxy) is 1. The number of rotatable bonds is 9. The summed E-state index contributed by atoms with van der Waals surface area (Å²) in [5.74, 6) is -0.431. The number of hydrogen-bond acceptors (Lipinski definition) is 9. The number of fused-ring (bicyclic) bond motifs is 1. The minimum atomic E-state index is -4.19. The summed E-state index contributed by atoms with van der Waals surface area (Å²) in [7, 11) is -1.66. The zero-order chi connectivity index (χ0) is 26.7. The van der Waals surface area contributed by atoms with Crippen molar-refractivity contribution in [3.8, 4) is 11.5 Å². The van der Waals surface area contributed by atoms with Crippen molar-refractivity contribution >= 4 is 34.2 Å². The Bertz CT molecular complexity index is 1300. The number of urea groups is 1. The lowest BCUT2D eigenvalue weighted by Crippen LogP contribution is -2.64. The van der Waals surface area contributed by atoms with Gasteiger partial charge in [0.15, 0.2) is 6.17 Å². The highest BCUT2D eigenvalue weighted by Crippen LogP contribution is 2.26. The fourth-order valence-corrected chi connectivity index (χ4v) is 5.47. The highest BCUT2D eigenvalue weighted by molar-refractivity contribution is 7.89. The predicted octanol–water partition coefficient (Wildman–Crippen LogP) is 0.584. The molecular formula is C23H26N6O7S. The van der Waals surface area contributed by atoms with E-state index in [2.05, 4.69) is 10.3 Å². The lowest BCUT2D eigenvalue weighted by molar-refractivity contribution is -0.135. The molecule has 4 amide bonds. The molecule has 13 nitrogen and oxygen atoms in total. The van der Waals surface area contributed by atoms with Crippen LogP contribution >= 0.6 is 0 Å². The highest BCUT2D eigenvalue weighted by atomic mass is 32.2. The molecule has 2 aromatic rings. The van der Waals surface area contributed by atoms with Gasteiger partial charge in [-0.2, -0.15) is 4.31 Å². The van der Waals surface area contributed by atoms with Crippen LogP contribution in [0.5, 0.6) is 11.5 Å². The number of para-hydroxylation sites is 1. The number of carbonyl (C=O) groups excluding carboxylic acids is 3. The first-order valence-corrected chi connectivity index (χ1v) is 12.7. The topological polar surface area (TPSA) is 161 Å². The molecule has 0 bridgehead atoms. The third-order valence-electron chi connectivity index (χ3n) is 6.20. The maximum absolute atomic E-state index is 13.3. The number of hydroxylamine groups is 1. The summed E-state index contributed by atoms with van der Waals surface area (Å²) in [5, 5.41) is 12.1. The normalized spacial score (nSPS) is 20.0. The van der Waals surface area contributed by atoms with Gasteiger partial charge in [0.2, 0.25) is 10.0 Å². The van der Waals surface area contributed by atoms with E-state index in [0.717, 1.165) is 9.21 Å². The minimum absolute atomic E-state index is 0.102. The Morgan fingerprint density at radius 2 is 1.81 bits per heavy atom. The Labute approximate surface area is 213 Å². The fraction of sp³-hybridized carbons (Fsp3) is 0.304. The van der Waals surface area contributed by atoms with Crippen molar-refractivity contribution in [2.75, 3.05) is 20.6 Å². The Balaban J connectivity index is 1.50. The summed E-state index contributed by atoms with van der Waals surface area (Å²) in [5.41, 5.74) is 1.49. The number of nitrogens with zero attached hydrogens (tertiary/aromatic N) is 4. The number of benzene rings is 2. The zero-order valence-corrected chi connectivity index (χ0v) is 20.8. The van der Waals surface area contributed by atoms with Crippen molar-refractivity contribution in [1.82, 2.24) is 24.9 Å². The van der Waals surface area contributed by atoms with E-state index in [1.807, 2.05) is 6.07 Å². The van der Waals surface area contributed by atoms with Gasteiger partial charge >= 0.3 is 6.03 Å². The van der Waals surface area contributed by atoms with E-state index in [0.29, 0.717) is 11.5 Å². The average Bonchev–Trinajstić information content (AvgIpc) is 3.39. The molecule has 2 aliphatic rings. The van der Waals surface area contributed by atoms with Crippen LogP contribution in [-0.2, 0) is 19.6 Å². The summed E-state index contributed by atoms with van der Waals surface area (Å²) in [4.78, 5) is 43.8. The molecule has 0 aromatic heterocycles. The monoisotopic (exact) mass is 530 g/mol. The van der Waals surface area contributed by atoms with Crippen molar-refractivity contribution in [3.63, 3.8) is 0 Å². The maximum atomic E-state index is 13.3. The first kappa shape index (κ1) is 26.1. The van der Waals surface area contributed by atoms with Gasteiger partial charge in [0, 0.05) is 20.6 Å². The number of nitrogens with one attached hydrogen (secondary N) is 2. The summed E-state index contributed by atoms with van der Waals surface area (Å²) in [6.45, 7) is -0.113. The minimum Gasteiger partial charge on any atom is -0.457 e. The van der Waals surface area contributed by atoms with Gasteiger partial charge in [0.05, 0.1) is 11.2 Å². The molecule has 4 rings (SSSR count). The van der Waals surface area contributed by atoms with E-state index in [4.69, 9.17) is 4.74 Å². The van der Waals surface area contributed by atoms with Crippen LogP contribution in [0.4, 0.5) is 4.79 Å². The summed E-state index contributed by atoms with van der Waals surface area (Å²) < 4.78 is 33.1. The smallest absolute Gasteiger partial charge is 0.328 e. The van der Waals surface area contributed by atoms with Crippen LogP contribution in [0.25, 0.3) is 0 Å². The first-order valence-electron chi connectivity index (χ1n) is 11.3. The van der Waals surface area contributed by atoms with Crippen molar-refractivity contribution in [2.45, 2.75) is 29.6 Å². The number of sulfonamides is 1. The number of hydrogen-bond donors (Lipinski definition) is 3. The molecule has 0 saturated carbocycles. The van der Waals surface area contributed by atoms with Crippen LogP contribution in [0.15, 0.2) is 64.5 Å². The van der Waals surface area contributed by atoms with E-state index >= 15 is 0 Å². The van der Waals surface area contributed by atoms with Crippen molar-refractivity contribution in [1.29, 1.82) is 0 Å². The zero-order valence-electron chi connectivity index (χ0n) is 20.0. The number of imide groups is 1. The van der Waals surface area contributed by atoms with Crippen LogP contribution in [0.3, 0.4) is 0 Å². The summed E-state index contributed by atoms with van der Waals surface area (Å²) in [6.07, 6.45) is 0.323. The van der Waals surface area contributed by atoms with Gasteiger partial charge in [-0.25, -0.2) is 23.7 Å². The quantitative estimate of drug-likeness (QED) is 0.313. The third kappa shape index (κ3) is 5.12. The largest absolute Gasteiger partial charge is 0.457 e. The molecule has 0 spiro atoms. The highest BCUT2D eigenvalue weighted by Gasteiger charge is 2.47. The standard InChI is InChI=1S/C23H26N6O7S/c1-27-22(31)19-20(25-14-24-19)29(23(27)32)13-12-18(21(30)26-33)28(2)37(34,35)17-10-8-16(9-11-17)36-15-6-4-3-5-7-15/h3-11,14,18-20,33H,12-13H2,1-2H3,(H,24,25)(H,26,30). The van der Waals surface area contributed by atoms with Crippen molar-refractivity contribution < 1.29 is 32.7 Å². The molecule has 0 radical (unpaired) electrons. The van der Waals surface area contributed by atoms with Crippen LogP contribution in [0.1, 0.15) is 6.42 Å². The summed E-state index contributed by atoms with van der Waals surface area (Å²) >= 11 is 0. The number of carbonyl (C=O) groups is 3. The molecule has 14 heteroatoms. The van der Waals surface area contributed by atoms with E-state index in [1.165, 1.54) is 55.1 Å². The number of likely N-dealkylation sites (N-methyl/N-ethyl adjacent to an activating group) is 2. The lowest BCUT2D eigenvalue weighted by atomic mass is 10.1. The fourth-order valence-electron chi connectivity index (χ4n) is 4.12.